The van der Waals surface area contributed by atoms with Gasteiger partial charge in [-0.15, -0.1) is 0 Å². The molecule has 0 aliphatic rings. The third-order valence-corrected chi connectivity index (χ3v) is 1.79. The van der Waals surface area contributed by atoms with Crippen LogP contribution in [0.1, 0.15) is 34.5 Å². The summed E-state index contributed by atoms with van der Waals surface area (Å²) in [5, 5.41) is 2.51. The number of hydrogen-bond donors (Lipinski definition) is 1. The molecule has 1 amide bonds. The quantitative estimate of drug-likeness (QED) is 0.716. The summed E-state index contributed by atoms with van der Waals surface area (Å²) in [6, 6.07) is -0.387. The molecule has 78 valence electrons. The van der Waals surface area contributed by atoms with Crippen LogP contribution in [0.4, 0.5) is 4.79 Å². The zero-order chi connectivity index (χ0) is 10.3. The summed E-state index contributed by atoms with van der Waals surface area (Å²) in [6.07, 6.45) is 1.43. The van der Waals surface area contributed by atoms with Crippen molar-refractivity contribution in [3.05, 3.63) is 0 Å². The number of hydrogen-bond acceptors (Lipinski definition) is 3. The molecule has 4 nitrogen and oxygen atoms in total. The molecule has 0 fully saturated rings. The van der Waals surface area contributed by atoms with Gasteiger partial charge in [-0.05, 0) is 6.42 Å². The van der Waals surface area contributed by atoms with E-state index in [2.05, 4.69) is 10.1 Å². The van der Waals surface area contributed by atoms with Crippen LogP contribution in [0.15, 0.2) is 0 Å². The zero-order valence-corrected chi connectivity index (χ0v) is 8.42. The van der Waals surface area contributed by atoms with Crippen molar-refractivity contribution >= 4 is 11.9 Å². The molecular weight excluding hydrogens is 170 g/mol. The van der Waals surface area contributed by atoms with Gasteiger partial charge >= 0.3 is 6.09 Å². The summed E-state index contributed by atoms with van der Waals surface area (Å²) in [4.78, 5) is 22.1. The fourth-order valence-corrected chi connectivity index (χ4v) is 1.05. The van der Waals surface area contributed by atoms with E-state index in [9.17, 15) is 9.59 Å². The number of Topliss-reactive ketones (excluding diaryl/α,β-unsaturated/α-hetero) is 1. The Labute approximate surface area is 80.1 Å². The molecular formula is C9H19NO3. The van der Waals surface area contributed by atoms with Crippen molar-refractivity contribution in [3.8, 4) is 0 Å². The second kappa shape index (κ2) is 6.46. The van der Waals surface area contributed by atoms with E-state index in [1.165, 1.54) is 7.11 Å². The van der Waals surface area contributed by atoms with Crippen molar-refractivity contribution in [2.24, 2.45) is 0 Å². The molecule has 0 saturated heterocycles. The number of carbonyl (C=O) groups excluding carboxylic acids is 2. The lowest BCUT2D eigenvalue weighted by Crippen LogP contribution is -2.40. The first-order valence-electron chi connectivity index (χ1n) is 4.52. The maximum Gasteiger partial charge on any atom is 0.407 e. The highest BCUT2D eigenvalue weighted by atomic mass is 16.5. The molecule has 0 heterocycles. The lowest BCUT2D eigenvalue weighted by Gasteiger charge is -2.14. The fraction of sp³-hybridized carbons (Fsp3) is 0.778. The van der Waals surface area contributed by atoms with Crippen molar-refractivity contribution in [1.29, 1.82) is 0 Å². The van der Waals surface area contributed by atoms with E-state index >= 15 is 0 Å². The van der Waals surface area contributed by atoms with Gasteiger partial charge in [-0.2, -0.15) is 0 Å². The van der Waals surface area contributed by atoms with Crippen LogP contribution < -0.4 is 5.32 Å². The maximum absolute atomic E-state index is 11.3. The van der Waals surface area contributed by atoms with Crippen LogP contribution in [-0.2, 0) is 9.53 Å². The number of amides is 1. The molecule has 0 aromatic carbocycles. The molecule has 0 aromatic rings. The average Bonchev–Trinajstić information content (AvgIpc) is 2.15. The minimum absolute atomic E-state index is 0. The maximum atomic E-state index is 11.3. The number of carbonyl (C=O) groups is 2. The van der Waals surface area contributed by atoms with Crippen molar-refractivity contribution in [1.82, 2.24) is 5.32 Å². The topological polar surface area (TPSA) is 55.4 Å². The Balaban J connectivity index is 0. The number of ketones is 1. The SMILES string of the molecule is CCC[C@H](NC(=O)OC)C(=O)CC.[HH]. The molecule has 1 N–H and O–H groups in total. The van der Waals surface area contributed by atoms with Crippen molar-refractivity contribution < 1.29 is 15.8 Å². The lowest BCUT2D eigenvalue weighted by atomic mass is 10.1. The first-order valence-corrected chi connectivity index (χ1v) is 4.52. The Bertz CT molecular complexity index is 185. The van der Waals surface area contributed by atoms with Crippen LogP contribution in [0, 0.1) is 0 Å². The summed E-state index contributed by atoms with van der Waals surface area (Å²) >= 11 is 0. The van der Waals surface area contributed by atoms with Crippen LogP contribution in [0.3, 0.4) is 0 Å². The molecule has 0 aliphatic heterocycles. The largest absolute Gasteiger partial charge is 0.453 e. The highest BCUT2D eigenvalue weighted by Crippen LogP contribution is 2.01. The first kappa shape index (κ1) is 11.9. The Morgan fingerprint density at radius 2 is 2.08 bits per heavy atom. The molecule has 13 heavy (non-hydrogen) atoms. The van der Waals surface area contributed by atoms with E-state index in [4.69, 9.17) is 0 Å². The van der Waals surface area contributed by atoms with Crippen LogP contribution in [0.2, 0.25) is 0 Å². The summed E-state index contributed by atoms with van der Waals surface area (Å²) < 4.78 is 4.42. The third-order valence-electron chi connectivity index (χ3n) is 1.79. The fourth-order valence-electron chi connectivity index (χ4n) is 1.05. The van der Waals surface area contributed by atoms with Gasteiger partial charge in [0, 0.05) is 7.85 Å². The molecule has 0 rings (SSSR count). The molecule has 0 aliphatic carbocycles. The normalized spacial score (nSPS) is 11.9. The average molecular weight is 189 g/mol. The van der Waals surface area contributed by atoms with Gasteiger partial charge in [0.1, 0.15) is 0 Å². The molecule has 0 aromatic heterocycles. The summed E-state index contributed by atoms with van der Waals surface area (Å²) in [5.41, 5.74) is 0. The van der Waals surface area contributed by atoms with Gasteiger partial charge in [0.15, 0.2) is 5.78 Å². The molecule has 1 atom stereocenters. The number of alkyl carbamates (subject to hydrolysis) is 1. The minimum Gasteiger partial charge on any atom is -0.453 e. The molecule has 0 bridgehead atoms. The zero-order valence-electron chi connectivity index (χ0n) is 8.42. The van der Waals surface area contributed by atoms with Crippen molar-refractivity contribution in [2.45, 2.75) is 39.2 Å². The Morgan fingerprint density at radius 3 is 2.46 bits per heavy atom. The number of rotatable bonds is 5. The van der Waals surface area contributed by atoms with Crippen molar-refractivity contribution in [2.75, 3.05) is 7.11 Å². The van der Waals surface area contributed by atoms with E-state index < -0.39 is 6.09 Å². The van der Waals surface area contributed by atoms with Crippen LogP contribution >= 0.6 is 0 Å². The first-order chi connectivity index (χ1) is 6.15. The molecule has 0 spiro atoms. The van der Waals surface area contributed by atoms with E-state index in [0.717, 1.165) is 6.42 Å². The summed E-state index contributed by atoms with van der Waals surface area (Å²) in [6.45, 7) is 3.75. The second-order valence-electron chi connectivity index (χ2n) is 2.80. The minimum atomic E-state index is -0.541. The number of nitrogens with one attached hydrogen (secondary N) is 1. The predicted molar refractivity (Wildman–Crippen MR) is 51.6 cm³/mol. The van der Waals surface area contributed by atoms with Gasteiger partial charge in [0.05, 0.1) is 13.2 Å². The summed E-state index contributed by atoms with van der Waals surface area (Å²) in [7, 11) is 1.29. The van der Waals surface area contributed by atoms with E-state index in [1.807, 2.05) is 6.92 Å². The third kappa shape index (κ3) is 4.50. The molecule has 4 heteroatoms. The molecule has 0 unspecified atom stereocenters. The lowest BCUT2D eigenvalue weighted by molar-refractivity contribution is -0.120. The Morgan fingerprint density at radius 1 is 1.46 bits per heavy atom. The molecule has 0 radical (unpaired) electrons. The predicted octanol–water partition coefficient (Wildman–Crippen LogP) is 1.74. The smallest absolute Gasteiger partial charge is 0.407 e. The van der Waals surface area contributed by atoms with Crippen LogP contribution in [-0.4, -0.2) is 25.0 Å². The van der Waals surface area contributed by atoms with Gasteiger partial charge in [-0.3, -0.25) is 4.79 Å². The second-order valence-corrected chi connectivity index (χ2v) is 2.80. The Kier molecular flexibility index (Phi) is 5.93. The van der Waals surface area contributed by atoms with E-state index in [0.29, 0.717) is 12.8 Å². The van der Waals surface area contributed by atoms with E-state index in [1.54, 1.807) is 6.92 Å². The van der Waals surface area contributed by atoms with Gasteiger partial charge in [0.2, 0.25) is 0 Å². The Hall–Kier alpha value is -1.06. The molecule has 0 saturated carbocycles. The van der Waals surface area contributed by atoms with Crippen LogP contribution in [0.5, 0.6) is 0 Å². The van der Waals surface area contributed by atoms with Gasteiger partial charge in [-0.25, -0.2) is 4.79 Å². The van der Waals surface area contributed by atoms with E-state index in [-0.39, 0.29) is 13.3 Å². The summed E-state index contributed by atoms with van der Waals surface area (Å²) in [5.74, 6) is 0.0484. The van der Waals surface area contributed by atoms with Crippen molar-refractivity contribution in [3.63, 3.8) is 0 Å². The highest BCUT2D eigenvalue weighted by molar-refractivity contribution is 5.87. The standard InChI is InChI=1S/C9H17NO3.H2/c1-4-6-7(8(11)5-2)10-9(12)13-3;/h7H,4-6H2,1-3H3,(H,10,12);1H/t7-;/m0./s1. The van der Waals surface area contributed by atoms with Gasteiger partial charge in [0.25, 0.3) is 0 Å². The van der Waals surface area contributed by atoms with Crippen LogP contribution in [0.25, 0.3) is 0 Å². The monoisotopic (exact) mass is 189 g/mol. The number of ether oxygens (including phenoxy) is 1. The van der Waals surface area contributed by atoms with Gasteiger partial charge < -0.3 is 10.1 Å². The highest BCUT2D eigenvalue weighted by Gasteiger charge is 2.17. The van der Waals surface area contributed by atoms with Gasteiger partial charge in [-0.1, -0.05) is 20.3 Å². The number of methoxy groups -OCH3 is 1.